The van der Waals surface area contributed by atoms with E-state index >= 15 is 0 Å². The van der Waals surface area contributed by atoms with E-state index in [-0.39, 0.29) is 0 Å². The lowest BCUT2D eigenvalue weighted by molar-refractivity contribution is -0.307. The van der Waals surface area contributed by atoms with Crippen molar-refractivity contribution in [3.63, 3.8) is 0 Å². The van der Waals surface area contributed by atoms with Crippen molar-refractivity contribution in [2.45, 2.75) is 22.6 Å². The maximum atomic E-state index is 12.3. The van der Waals surface area contributed by atoms with Gasteiger partial charge in [-0.15, -0.1) is 0 Å². The SMILES string of the molecule is FCC(F)(F)C(F)(F)C(F)(F)C(Cl)Cl. The summed E-state index contributed by atoms with van der Waals surface area (Å²) in [6.45, 7) is -2.93. The second-order valence-electron chi connectivity index (χ2n) is 2.34. The number of rotatable bonds is 4. The molecule has 0 unspecified atom stereocenters. The molecule has 0 spiro atoms. The zero-order valence-electron chi connectivity index (χ0n) is 6.19. The average molecular weight is 267 g/mol. The van der Waals surface area contributed by atoms with Gasteiger partial charge in [0.2, 0.25) is 0 Å². The molecule has 0 atom stereocenters. The molecule has 0 fully saturated rings. The van der Waals surface area contributed by atoms with Crippen LogP contribution in [-0.2, 0) is 0 Å². The van der Waals surface area contributed by atoms with Gasteiger partial charge in [-0.3, -0.25) is 0 Å². The summed E-state index contributed by atoms with van der Waals surface area (Å²) >= 11 is 8.79. The summed E-state index contributed by atoms with van der Waals surface area (Å²) in [5.41, 5.74) is 0. The molecule has 0 aromatic carbocycles. The molecular formula is C5H3Cl2F7. The summed E-state index contributed by atoms with van der Waals surface area (Å²) in [5.74, 6) is -16.9. The molecule has 0 aliphatic carbocycles. The summed E-state index contributed by atoms with van der Waals surface area (Å²) in [5, 5.41) is 0. The van der Waals surface area contributed by atoms with Crippen molar-refractivity contribution in [1.29, 1.82) is 0 Å². The molecule has 0 amide bonds. The summed E-state index contributed by atoms with van der Waals surface area (Å²) in [7, 11) is 0. The van der Waals surface area contributed by atoms with Crippen LogP contribution in [-0.4, -0.2) is 29.3 Å². The van der Waals surface area contributed by atoms with E-state index in [1.807, 2.05) is 0 Å². The van der Waals surface area contributed by atoms with E-state index < -0.39 is 29.3 Å². The van der Waals surface area contributed by atoms with Gasteiger partial charge in [-0.25, -0.2) is 4.39 Å². The minimum absolute atomic E-state index is 2.93. The van der Waals surface area contributed by atoms with Crippen LogP contribution < -0.4 is 0 Å². The van der Waals surface area contributed by atoms with Crippen molar-refractivity contribution < 1.29 is 30.7 Å². The number of alkyl halides is 9. The Morgan fingerprint density at radius 3 is 1.50 bits per heavy atom. The van der Waals surface area contributed by atoms with E-state index in [1.165, 1.54) is 0 Å². The van der Waals surface area contributed by atoms with Crippen LogP contribution in [0.3, 0.4) is 0 Å². The molecule has 0 aromatic heterocycles. The van der Waals surface area contributed by atoms with Crippen LogP contribution in [0, 0.1) is 0 Å². The van der Waals surface area contributed by atoms with Crippen LogP contribution in [0.2, 0.25) is 0 Å². The quantitative estimate of drug-likeness (QED) is 0.538. The van der Waals surface area contributed by atoms with Crippen molar-refractivity contribution in [3.8, 4) is 0 Å². The van der Waals surface area contributed by atoms with E-state index in [4.69, 9.17) is 0 Å². The standard InChI is InChI=1S/C5H3Cl2F7/c6-2(7)4(11,12)5(13,14)3(9,10)1-8/h2H,1H2. The molecule has 0 rings (SSSR count). The number of halogens is 9. The molecule has 0 saturated heterocycles. The third-order valence-corrected chi connectivity index (χ3v) is 1.87. The van der Waals surface area contributed by atoms with Crippen LogP contribution in [0.25, 0.3) is 0 Å². The lowest BCUT2D eigenvalue weighted by Gasteiger charge is -2.31. The fourth-order valence-corrected chi connectivity index (χ4v) is 0.739. The van der Waals surface area contributed by atoms with Gasteiger partial charge >= 0.3 is 17.8 Å². The molecule has 0 aliphatic rings. The second kappa shape index (κ2) is 3.92. The Bertz CT molecular complexity index is 202. The van der Waals surface area contributed by atoms with Crippen molar-refractivity contribution >= 4 is 23.2 Å². The van der Waals surface area contributed by atoms with Crippen LogP contribution in [0.1, 0.15) is 0 Å². The molecule has 0 bridgehead atoms. The molecule has 86 valence electrons. The summed E-state index contributed by atoms with van der Waals surface area (Å²) in [4.78, 5) is -3.06. The van der Waals surface area contributed by atoms with Crippen molar-refractivity contribution in [2.24, 2.45) is 0 Å². The normalized spacial score (nSPS) is 15.0. The van der Waals surface area contributed by atoms with Crippen LogP contribution in [0.4, 0.5) is 30.7 Å². The Balaban J connectivity index is 5.14. The average Bonchev–Trinajstić information content (AvgIpc) is 2.03. The number of hydrogen-bond acceptors (Lipinski definition) is 0. The van der Waals surface area contributed by atoms with Gasteiger partial charge in [0.15, 0.2) is 11.5 Å². The van der Waals surface area contributed by atoms with E-state index in [9.17, 15) is 30.7 Å². The topological polar surface area (TPSA) is 0 Å². The van der Waals surface area contributed by atoms with Gasteiger partial charge in [-0.1, -0.05) is 23.2 Å². The van der Waals surface area contributed by atoms with E-state index in [0.29, 0.717) is 0 Å². The van der Waals surface area contributed by atoms with E-state index in [1.54, 1.807) is 0 Å². The van der Waals surface area contributed by atoms with Crippen LogP contribution in [0.5, 0.6) is 0 Å². The highest BCUT2D eigenvalue weighted by Gasteiger charge is 2.73. The Kier molecular flexibility index (Phi) is 3.95. The van der Waals surface area contributed by atoms with Gasteiger partial charge in [-0.2, -0.15) is 26.3 Å². The van der Waals surface area contributed by atoms with Gasteiger partial charge in [0.1, 0.15) is 0 Å². The molecule has 14 heavy (non-hydrogen) atoms. The summed E-state index contributed by atoms with van der Waals surface area (Å²) in [6.07, 6.45) is 0. The Hall–Kier alpha value is 0.0900. The van der Waals surface area contributed by atoms with Crippen molar-refractivity contribution in [2.75, 3.05) is 6.67 Å². The summed E-state index contributed by atoms with van der Waals surface area (Å²) < 4.78 is 84.9. The lowest BCUT2D eigenvalue weighted by Crippen LogP contribution is -2.58. The summed E-state index contributed by atoms with van der Waals surface area (Å²) in [6, 6.07) is 0. The third kappa shape index (κ3) is 2.03. The van der Waals surface area contributed by atoms with Gasteiger partial charge in [0.25, 0.3) is 0 Å². The first kappa shape index (κ1) is 14.1. The molecule has 0 N–H and O–H groups in total. The molecule has 9 heteroatoms. The largest absolute Gasteiger partial charge is 0.377 e. The molecule has 0 heterocycles. The lowest BCUT2D eigenvalue weighted by atomic mass is 10.1. The highest BCUT2D eigenvalue weighted by molar-refractivity contribution is 6.45. The Labute approximate surface area is 84.0 Å². The Morgan fingerprint density at radius 2 is 1.29 bits per heavy atom. The molecule has 0 aliphatic heterocycles. The van der Waals surface area contributed by atoms with Crippen molar-refractivity contribution in [3.05, 3.63) is 0 Å². The van der Waals surface area contributed by atoms with Crippen LogP contribution >= 0.6 is 23.2 Å². The smallest absolute Gasteiger partial charge is 0.244 e. The zero-order valence-corrected chi connectivity index (χ0v) is 7.70. The van der Waals surface area contributed by atoms with Crippen LogP contribution in [0.15, 0.2) is 0 Å². The van der Waals surface area contributed by atoms with Gasteiger partial charge in [0.05, 0.1) is 0 Å². The van der Waals surface area contributed by atoms with Crippen molar-refractivity contribution in [1.82, 2.24) is 0 Å². The molecule has 0 radical (unpaired) electrons. The fraction of sp³-hybridized carbons (Fsp3) is 1.00. The molecule has 0 aromatic rings. The first-order valence-corrected chi connectivity index (χ1v) is 3.85. The fourth-order valence-electron chi connectivity index (χ4n) is 0.465. The first-order chi connectivity index (χ1) is 6.00. The monoisotopic (exact) mass is 266 g/mol. The number of hydrogen-bond donors (Lipinski definition) is 0. The van der Waals surface area contributed by atoms with Gasteiger partial charge in [0, 0.05) is 0 Å². The second-order valence-corrected chi connectivity index (χ2v) is 3.43. The van der Waals surface area contributed by atoms with E-state index in [2.05, 4.69) is 23.2 Å². The highest BCUT2D eigenvalue weighted by atomic mass is 35.5. The Morgan fingerprint density at radius 1 is 0.929 bits per heavy atom. The molecular weight excluding hydrogens is 264 g/mol. The van der Waals surface area contributed by atoms with Gasteiger partial charge < -0.3 is 0 Å². The third-order valence-electron chi connectivity index (χ3n) is 1.32. The predicted molar refractivity (Wildman–Crippen MR) is 36.3 cm³/mol. The minimum Gasteiger partial charge on any atom is -0.244 e. The molecule has 0 saturated carbocycles. The zero-order chi connectivity index (χ0) is 11.8. The minimum atomic E-state index is -5.94. The first-order valence-electron chi connectivity index (χ1n) is 2.98. The molecule has 0 nitrogen and oxygen atoms in total. The predicted octanol–water partition coefficient (Wildman–Crippen LogP) is 3.67. The maximum Gasteiger partial charge on any atom is 0.377 e. The van der Waals surface area contributed by atoms with Gasteiger partial charge in [-0.05, 0) is 0 Å². The highest BCUT2D eigenvalue weighted by Crippen LogP contribution is 2.49. The van der Waals surface area contributed by atoms with E-state index in [0.717, 1.165) is 0 Å². The maximum absolute atomic E-state index is 12.3.